The van der Waals surface area contributed by atoms with Crippen molar-refractivity contribution in [2.45, 2.75) is 26.4 Å². The maximum atomic E-state index is 13.1. The predicted octanol–water partition coefficient (Wildman–Crippen LogP) is 2.75. The van der Waals surface area contributed by atoms with Gasteiger partial charge >= 0.3 is 0 Å². The van der Waals surface area contributed by atoms with Gasteiger partial charge in [0.15, 0.2) is 11.6 Å². The lowest BCUT2D eigenvalue weighted by Gasteiger charge is -2.09. The van der Waals surface area contributed by atoms with E-state index in [4.69, 9.17) is 5.11 Å². The zero-order valence-corrected chi connectivity index (χ0v) is 10.2. The van der Waals surface area contributed by atoms with Crippen LogP contribution in [0.5, 0.6) is 5.75 Å². The van der Waals surface area contributed by atoms with E-state index < -0.39 is 5.82 Å². The van der Waals surface area contributed by atoms with E-state index >= 15 is 0 Å². The second-order valence-electron chi connectivity index (χ2n) is 4.10. The predicted molar refractivity (Wildman–Crippen MR) is 67.9 cm³/mol. The van der Waals surface area contributed by atoms with Crippen molar-refractivity contribution in [1.29, 1.82) is 0 Å². The lowest BCUT2D eigenvalue weighted by Crippen LogP contribution is -2.07. The molecular weight excluding hydrogens is 233 g/mol. The number of anilines is 1. The van der Waals surface area contributed by atoms with Crippen LogP contribution in [0.1, 0.15) is 19.0 Å². The number of nitrogens with one attached hydrogen (secondary N) is 1. The molecule has 1 aromatic carbocycles. The molecule has 2 rings (SSSR count). The van der Waals surface area contributed by atoms with Crippen LogP contribution in [0, 0.1) is 5.82 Å². The molecule has 1 heterocycles. The number of benzene rings is 1. The molecule has 0 saturated carbocycles. The first kappa shape index (κ1) is 12.4. The number of rotatable bonds is 5. The molecule has 0 saturated heterocycles. The summed E-state index contributed by atoms with van der Waals surface area (Å²) < 4.78 is 15.2. The number of halogens is 1. The number of phenolic OH excluding ortho intramolecular Hbond substituents is 1. The summed E-state index contributed by atoms with van der Waals surface area (Å²) in [7, 11) is 0. The molecule has 0 spiro atoms. The number of nitrogens with zero attached hydrogens (tertiary/aromatic N) is 2. The molecule has 0 amide bonds. The highest BCUT2D eigenvalue weighted by molar-refractivity contribution is 5.47. The van der Waals surface area contributed by atoms with Crippen LogP contribution in [0.4, 0.5) is 10.1 Å². The van der Waals surface area contributed by atoms with Gasteiger partial charge in [0.25, 0.3) is 0 Å². The summed E-state index contributed by atoms with van der Waals surface area (Å²) in [5.74, 6) is -0.960. The zero-order chi connectivity index (χ0) is 13.0. The van der Waals surface area contributed by atoms with Gasteiger partial charge in [-0.25, -0.2) is 9.37 Å². The van der Waals surface area contributed by atoms with Crippen molar-refractivity contribution in [2.75, 3.05) is 5.32 Å². The fourth-order valence-corrected chi connectivity index (χ4v) is 1.75. The Balaban J connectivity index is 2.02. The van der Waals surface area contributed by atoms with Crippen molar-refractivity contribution in [3.63, 3.8) is 0 Å². The largest absolute Gasteiger partial charge is 0.505 e. The molecule has 0 aliphatic heterocycles. The van der Waals surface area contributed by atoms with Crippen LogP contribution in [0.15, 0.2) is 30.7 Å². The average molecular weight is 249 g/mol. The lowest BCUT2D eigenvalue weighted by molar-refractivity contribution is 0.432. The van der Waals surface area contributed by atoms with Gasteiger partial charge in [0.2, 0.25) is 0 Å². The van der Waals surface area contributed by atoms with Crippen LogP contribution in [-0.2, 0) is 13.1 Å². The van der Waals surface area contributed by atoms with E-state index in [1.807, 2.05) is 0 Å². The molecule has 0 bridgehead atoms. The number of aromatic nitrogens is 2. The first-order valence-electron chi connectivity index (χ1n) is 5.92. The summed E-state index contributed by atoms with van der Waals surface area (Å²) in [5.41, 5.74) is 1.68. The second-order valence-corrected chi connectivity index (χ2v) is 4.10. The van der Waals surface area contributed by atoms with Gasteiger partial charge in [0.1, 0.15) is 0 Å². The molecule has 1 aromatic heterocycles. The molecule has 0 aliphatic carbocycles. The highest BCUT2D eigenvalue weighted by atomic mass is 19.1. The summed E-state index contributed by atoms with van der Waals surface area (Å²) >= 11 is 0. The minimum atomic E-state index is -0.623. The normalized spacial score (nSPS) is 10.6. The van der Waals surface area contributed by atoms with E-state index in [9.17, 15) is 4.39 Å². The van der Waals surface area contributed by atoms with Gasteiger partial charge in [-0.1, -0.05) is 6.92 Å². The fourth-order valence-electron chi connectivity index (χ4n) is 1.75. The van der Waals surface area contributed by atoms with Crippen LogP contribution in [0.25, 0.3) is 0 Å². The first-order valence-corrected chi connectivity index (χ1v) is 5.92. The number of aromatic hydroxyl groups is 1. The zero-order valence-electron chi connectivity index (χ0n) is 10.2. The van der Waals surface area contributed by atoms with Crippen molar-refractivity contribution in [3.05, 3.63) is 42.2 Å². The number of aryl methyl sites for hydroxylation is 1. The second kappa shape index (κ2) is 5.53. The molecule has 0 aliphatic rings. The van der Waals surface area contributed by atoms with Crippen molar-refractivity contribution in [2.24, 2.45) is 0 Å². The Hall–Kier alpha value is -2.04. The molecule has 2 N–H and O–H groups in total. The molecule has 18 heavy (non-hydrogen) atoms. The van der Waals surface area contributed by atoms with E-state index in [0.717, 1.165) is 18.7 Å². The molecule has 0 unspecified atom stereocenters. The molecule has 5 heteroatoms. The van der Waals surface area contributed by atoms with Gasteiger partial charge in [-0.2, -0.15) is 0 Å². The fraction of sp³-hybridized carbons (Fsp3) is 0.308. The number of hydrogen-bond acceptors (Lipinski definition) is 3. The Morgan fingerprint density at radius 1 is 1.44 bits per heavy atom. The van der Waals surface area contributed by atoms with E-state index in [0.29, 0.717) is 12.2 Å². The van der Waals surface area contributed by atoms with Crippen LogP contribution in [0.3, 0.4) is 0 Å². The third-order valence-corrected chi connectivity index (χ3v) is 2.68. The third-order valence-electron chi connectivity index (χ3n) is 2.68. The minimum Gasteiger partial charge on any atom is -0.505 e. The molecule has 0 fully saturated rings. The summed E-state index contributed by atoms with van der Waals surface area (Å²) in [6, 6.07) is 4.25. The van der Waals surface area contributed by atoms with Crippen molar-refractivity contribution >= 4 is 5.69 Å². The highest BCUT2D eigenvalue weighted by Crippen LogP contribution is 2.19. The monoisotopic (exact) mass is 249 g/mol. The Morgan fingerprint density at radius 3 is 3.00 bits per heavy atom. The topological polar surface area (TPSA) is 50.1 Å². The standard InChI is InChI=1S/C13H16FN3O/c1-2-5-17-9-15-7-11(17)8-16-10-3-4-13(18)12(14)6-10/h3-4,6-7,9,16,18H,2,5,8H2,1H3. The minimum absolute atomic E-state index is 0.337. The van der Waals surface area contributed by atoms with Crippen molar-refractivity contribution in [1.82, 2.24) is 9.55 Å². The Bertz CT molecular complexity index is 525. The molecule has 0 atom stereocenters. The highest BCUT2D eigenvalue weighted by Gasteiger charge is 2.03. The van der Waals surface area contributed by atoms with Gasteiger partial charge in [-0.15, -0.1) is 0 Å². The summed E-state index contributed by atoms with van der Waals surface area (Å²) in [6.07, 6.45) is 4.62. The molecule has 4 nitrogen and oxygen atoms in total. The SMILES string of the molecule is CCCn1cncc1CNc1ccc(O)c(F)c1. The molecule has 0 radical (unpaired) electrons. The van der Waals surface area contributed by atoms with Crippen molar-refractivity contribution < 1.29 is 9.50 Å². The van der Waals surface area contributed by atoms with E-state index in [1.165, 1.54) is 12.1 Å². The first-order chi connectivity index (χ1) is 8.70. The van der Waals surface area contributed by atoms with Gasteiger partial charge in [-0.05, 0) is 18.6 Å². The number of hydrogen-bond donors (Lipinski definition) is 2. The van der Waals surface area contributed by atoms with Gasteiger partial charge in [-0.3, -0.25) is 0 Å². The van der Waals surface area contributed by atoms with Crippen molar-refractivity contribution in [3.8, 4) is 5.75 Å². The average Bonchev–Trinajstić information content (AvgIpc) is 2.79. The Labute approximate surface area is 105 Å². The molecular formula is C13H16FN3O. The van der Waals surface area contributed by atoms with Gasteiger partial charge in [0, 0.05) is 24.5 Å². The maximum absolute atomic E-state index is 13.1. The summed E-state index contributed by atoms with van der Waals surface area (Å²) in [4.78, 5) is 4.09. The number of imidazole rings is 1. The van der Waals surface area contributed by atoms with Gasteiger partial charge in [0.05, 0.1) is 18.6 Å². The van der Waals surface area contributed by atoms with E-state index in [2.05, 4.69) is 21.8 Å². The quantitative estimate of drug-likeness (QED) is 0.801. The van der Waals surface area contributed by atoms with Crippen LogP contribution in [0.2, 0.25) is 0 Å². The van der Waals surface area contributed by atoms with Crippen LogP contribution < -0.4 is 5.32 Å². The Kier molecular flexibility index (Phi) is 3.82. The van der Waals surface area contributed by atoms with Gasteiger partial charge < -0.3 is 15.0 Å². The molecule has 2 aromatic rings. The van der Waals surface area contributed by atoms with Crippen LogP contribution in [-0.4, -0.2) is 14.7 Å². The summed E-state index contributed by atoms with van der Waals surface area (Å²) in [6.45, 7) is 3.59. The third kappa shape index (κ3) is 2.80. The Morgan fingerprint density at radius 2 is 2.28 bits per heavy atom. The van der Waals surface area contributed by atoms with Crippen LogP contribution >= 0.6 is 0 Å². The van der Waals surface area contributed by atoms with E-state index in [-0.39, 0.29) is 5.75 Å². The molecule has 96 valence electrons. The smallest absolute Gasteiger partial charge is 0.166 e. The number of phenols is 1. The lowest BCUT2D eigenvalue weighted by atomic mass is 10.3. The maximum Gasteiger partial charge on any atom is 0.166 e. The van der Waals surface area contributed by atoms with E-state index in [1.54, 1.807) is 18.6 Å². The summed E-state index contributed by atoms with van der Waals surface area (Å²) in [5, 5.41) is 12.2.